The van der Waals surface area contributed by atoms with Gasteiger partial charge >= 0.3 is 0 Å². The number of halogens is 2. The Morgan fingerprint density at radius 2 is 2.38 bits per heavy atom. The zero-order chi connectivity index (χ0) is 11.5. The third-order valence-electron chi connectivity index (χ3n) is 2.35. The van der Waals surface area contributed by atoms with Crippen molar-refractivity contribution in [3.63, 3.8) is 0 Å². The van der Waals surface area contributed by atoms with Gasteiger partial charge in [-0.1, -0.05) is 33.8 Å². The van der Waals surface area contributed by atoms with Crippen molar-refractivity contribution in [3.05, 3.63) is 30.1 Å². The summed E-state index contributed by atoms with van der Waals surface area (Å²) in [6.45, 7) is 2.08. The zero-order valence-corrected chi connectivity index (χ0v) is 11.2. The van der Waals surface area contributed by atoms with Crippen LogP contribution in [-0.2, 0) is 0 Å². The Balaban J connectivity index is 2.04. The molecule has 0 amide bonds. The van der Waals surface area contributed by atoms with E-state index in [1.807, 2.05) is 6.07 Å². The Bertz CT molecular complexity index is 411. The summed E-state index contributed by atoms with van der Waals surface area (Å²) in [4.78, 5) is 4.48. The average molecular weight is 303 g/mol. The van der Waals surface area contributed by atoms with Crippen LogP contribution in [0.15, 0.2) is 29.3 Å². The van der Waals surface area contributed by atoms with Crippen LogP contribution in [0.3, 0.4) is 0 Å². The summed E-state index contributed by atoms with van der Waals surface area (Å²) in [7, 11) is 0. The SMILES string of the molecule is CC1N=C(Nc2cccc(F)c2)SC1CBr. The maximum absolute atomic E-state index is 13.0. The summed E-state index contributed by atoms with van der Waals surface area (Å²) in [5.41, 5.74) is 0.744. The zero-order valence-electron chi connectivity index (χ0n) is 8.78. The van der Waals surface area contributed by atoms with Gasteiger partial charge in [-0.15, -0.1) is 0 Å². The van der Waals surface area contributed by atoms with Crippen molar-refractivity contribution in [1.29, 1.82) is 0 Å². The smallest absolute Gasteiger partial charge is 0.161 e. The van der Waals surface area contributed by atoms with Crippen molar-refractivity contribution < 1.29 is 4.39 Å². The number of nitrogens with zero attached hydrogens (tertiary/aromatic N) is 1. The average Bonchev–Trinajstić information content (AvgIpc) is 2.58. The number of hydrogen-bond donors (Lipinski definition) is 1. The number of hydrogen-bond acceptors (Lipinski definition) is 3. The Morgan fingerprint density at radius 3 is 3.00 bits per heavy atom. The van der Waals surface area contributed by atoms with E-state index in [0.29, 0.717) is 11.3 Å². The van der Waals surface area contributed by atoms with Gasteiger partial charge in [0, 0.05) is 16.3 Å². The number of alkyl halides is 1. The molecule has 0 saturated carbocycles. The number of rotatable bonds is 2. The molecule has 1 aromatic carbocycles. The number of thioether (sulfide) groups is 1. The fourth-order valence-corrected chi connectivity index (χ4v) is 3.40. The molecular weight excluding hydrogens is 291 g/mol. The van der Waals surface area contributed by atoms with E-state index in [9.17, 15) is 4.39 Å². The lowest BCUT2D eigenvalue weighted by Gasteiger charge is -2.08. The highest BCUT2D eigenvalue weighted by Gasteiger charge is 2.25. The summed E-state index contributed by atoms with van der Waals surface area (Å²) in [6, 6.07) is 6.70. The van der Waals surface area contributed by atoms with Gasteiger partial charge in [0.25, 0.3) is 0 Å². The van der Waals surface area contributed by atoms with Gasteiger partial charge in [0.2, 0.25) is 0 Å². The van der Waals surface area contributed by atoms with Gasteiger partial charge < -0.3 is 5.32 Å². The quantitative estimate of drug-likeness (QED) is 0.846. The molecule has 16 heavy (non-hydrogen) atoms. The van der Waals surface area contributed by atoms with Crippen molar-refractivity contribution in [3.8, 4) is 0 Å². The van der Waals surface area contributed by atoms with Crippen LogP contribution in [0.1, 0.15) is 6.92 Å². The molecule has 1 heterocycles. The van der Waals surface area contributed by atoms with Crippen molar-refractivity contribution >= 4 is 38.5 Å². The minimum Gasteiger partial charge on any atom is -0.335 e. The summed E-state index contributed by atoms with van der Waals surface area (Å²) in [6.07, 6.45) is 0. The van der Waals surface area contributed by atoms with Crippen LogP contribution in [0.5, 0.6) is 0 Å². The second kappa shape index (κ2) is 5.19. The Labute approximate surface area is 107 Å². The first kappa shape index (κ1) is 11.9. The van der Waals surface area contributed by atoms with Gasteiger partial charge in [0.15, 0.2) is 5.17 Å². The van der Waals surface area contributed by atoms with Gasteiger partial charge in [-0.05, 0) is 25.1 Å². The number of benzene rings is 1. The summed E-state index contributed by atoms with van der Waals surface area (Å²) in [5, 5.41) is 5.36. The third kappa shape index (κ3) is 2.77. The molecule has 0 aliphatic carbocycles. The standard InChI is InChI=1S/C11H12BrFN2S/c1-7-10(6-12)16-11(14-7)15-9-4-2-3-8(13)5-9/h2-5,7,10H,6H2,1H3,(H,14,15). The second-order valence-corrected chi connectivity index (χ2v) is 5.50. The molecule has 0 aromatic heterocycles. The van der Waals surface area contributed by atoms with Crippen molar-refractivity contribution in [1.82, 2.24) is 0 Å². The van der Waals surface area contributed by atoms with Gasteiger partial charge in [-0.3, -0.25) is 4.99 Å². The molecule has 2 unspecified atom stereocenters. The molecular formula is C11H12BrFN2S. The Morgan fingerprint density at radius 1 is 1.56 bits per heavy atom. The molecule has 0 fully saturated rings. The number of aliphatic imine (C=N–C) groups is 1. The predicted molar refractivity (Wildman–Crippen MR) is 72.1 cm³/mol. The highest BCUT2D eigenvalue weighted by molar-refractivity contribution is 9.09. The lowest BCUT2D eigenvalue weighted by Crippen LogP contribution is -2.14. The van der Waals surface area contributed by atoms with Crippen LogP contribution in [-0.4, -0.2) is 21.8 Å². The fraction of sp³-hybridized carbons (Fsp3) is 0.364. The molecule has 1 aliphatic rings. The number of anilines is 1. The van der Waals surface area contributed by atoms with E-state index < -0.39 is 0 Å². The molecule has 0 bridgehead atoms. The number of amidine groups is 1. The fourth-order valence-electron chi connectivity index (χ4n) is 1.45. The maximum Gasteiger partial charge on any atom is 0.161 e. The van der Waals surface area contributed by atoms with Crippen LogP contribution in [0, 0.1) is 5.82 Å². The number of nitrogens with one attached hydrogen (secondary N) is 1. The molecule has 0 saturated heterocycles. The maximum atomic E-state index is 13.0. The molecule has 0 radical (unpaired) electrons. The van der Waals surface area contributed by atoms with Crippen molar-refractivity contribution in [2.45, 2.75) is 18.2 Å². The lowest BCUT2D eigenvalue weighted by molar-refractivity contribution is 0.628. The van der Waals surface area contributed by atoms with E-state index in [1.54, 1.807) is 17.8 Å². The van der Waals surface area contributed by atoms with Crippen LogP contribution < -0.4 is 5.32 Å². The van der Waals surface area contributed by atoms with E-state index in [2.05, 4.69) is 33.2 Å². The first-order chi connectivity index (χ1) is 7.69. The molecule has 86 valence electrons. The molecule has 2 atom stereocenters. The van der Waals surface area contributed by atoms with Gasteiger partial charge in [-0.25, -0.2) is 4.39 Å². The predicted octanol–water partition coefficient (Wildman–Crippen LogP) is 3.49. The van der Waals surface area contributed by atoms with Crippen LogP contribution in [0.2, 0.25) is 0 Å². The largest absolute Gasteiger partial charge is 0.335 e. The molecule has 0 spiro atoms. The van der Waals surface area contributed by atoms with E-state index in [-0.39, 0.29) is 5.82 Å². The summed E-state index contributed by atoms with van der Waals surface area (Å²) in [5.74, 6) is -0.237. The van der Waals surface area contributed by atoms with Gasteiger partial charge in [0.1, 0.15) is 5.82 Å². The first-order valence-corrected chi connectivity index (χ1v) is 7.02. The molecule has 5 heteroatoms. The molecule has 1 aromatic rings. The van der Waals surface area contributed by atoms with E-state index in [0.717, 1.165) is 16.2 Å². The second-order valence-electron chi connectivity index (χ2n) is 3.62. The van der Waals surface area contributed by atoms with Crippen molar-refractivity contribution in [2.75, 3.05) is 10.6 Å². The highest BCUT2D eigenvalue weighted by atomic mass is 79.9. The monoisotopic (exact) mass is 302 g/mol. The Hall–Kier alpha value is -0.550. The molecule has 2 nitrogen and oxygen atoms in total. The van der Waals surface area contributed by atoms with Crippen LogP contribution in [0.4, 0.5) is 10.1 Å². The topological polar surface area (TPSA) is 24.4 Å². The van der Waals surface area contributed by atoms with Gasteiger partial charge in [0.05, 0.1) is 6.04 Å². The minimum atomic E-state index is -0.237. The minimum absolute atomic E-state index is 0.237. The first-order valence-electron chi connectivity index (χ1n) is 5.02. The summed E-state index contributed by atoms with van der Waals surface area (Å²) < 4.78 is 13.0. The molecule has 2 rings (SSSR count). The molecule has 1 aliphatic heterocycles. The van der Waals surface area contributed by atoms with Crippen LogP contribution in [0.25, 0.3) is 0 Å². The summed E-state index contributed by atoms with van der Waals surface area (Å²) >= 11 is 5.15. The van der Waals surface area contributed by atoms with E-state index >= 15 is 0 Å². The Kier molecular flexibility index (Phi) is 3.86. The third-order valence-corrected chi connectivity index (χ3v) is 4.77. The normalized spacial score (nSPS) is 24.3. The van der Waals surface area contributed by atoms with Crippen molar-refractivity contribution in [2.24, 2.45) is 4.99 Å². The van der Waals surface area contributed by atoms with E-state index in [4.69, 9.17) is 0 Å². The van der Waals surface area contributed by atoms with Crippen LogP contribution >= 0.6 is 27.7 Å². The molecule has 1 N–H and O–H groups in total. The lowest BCUT2D eigenvalue weighted by atomic mass is 10.3. The van der Waals surface area contributed by atoms with E-state index in [1.165, 1.54) is 12.1 Å². The highest BCUT2D eigenvalue weighted by Crippen LogP contribution is 2.28. The van der Waals surface area contributed by atoms with Gasteiger partial charge in [-0.2, -0.15) is 0 Å².